The topological polar surface area (TPSA) is 58.4 Å². The monoisotopic (exact) mass is 478 g/mol. The minimum absolute atomic E-state index is 0.0456. The van der Waals surface area contributed by atoms with Gasteiger partial charge in [0.25, 0.3) is 0 Å². The first-order valence-electron chi connectivity index (χ1n) is 12.3. The van der Waals surface area contributed by atoms with Gasteiger partial charge in [-0.25, -0.2) is 19.3 Å². The second kappa shape index (κ2) is 9.51. The molecule has 4 heterocycles. The smallest absolute Gasteiger partial charge is 0.223 e. The van der Waals surface area contributed by atoms with Crippen LogP contribution in [0.5, 0.6) is 0 Å². The van der Waals surface area contributed by atoms with Gasteiger partial charge in [-0.2, -0.15) is 0 Å². The number of fused-ring (bicyclic) bond motifs is 1. The Morgan fingerprint density at radius 2 is 1.78 bits per heavy atom. The van der Waals surface area contributed by atoms with Crippen LogP contribution < -0.4 is 5.32 Å². The van der Waals surface area contributed by atoms with E-state index in [1.54, 1.807) is 18.3 Å². The van der Waals surface area contributed by atoms with Gasteiger partial charge in [0.15, 0.2) is 0 Å². The normalized spacial score (nSPS) is 14.5. The second-order valence-corrected chi connectivity index (χ2v) is 9.25. The molecule has 5 aromatic rings. The SMILES string of the molecule is C[C@H](Nc1nccc(-c2c(-c3ccc(F)cc3)nc3cc(CN4CCC4)ccn23)n1)c1ccccc1. The molecule has 2 aromatic carbocycles. The van der Waals surface area contributed by atoms with Crippen molar-refractivity contribution >= 4 is 11.6 Å². The Balaban J connectivity index is 1.41. The van der Waals surface area contributed by atoms with Crippen molar-refractivity contribution in [2.75, 3.05) is 18.4 Å². The molecule has 36 heavy (non-hydrogen) atoms. The maximum absolute atomic E-state index is 13.7. The van der Waals surface area contributed by atoms with Crippen LogP contribution >= 0.6 is 0 Å². The van der Waals surface area contributed by atoms with Crippen LogP contribution in [0.4, 0.5) is 10.3 Å². The van der Waals surface area contributed by atoms with E-state index in [2.05, 4.69) is 57.0 Å². The van der Waals surface area contributed by atoms with E-state index in [9.17, 15) is 4.39 Å². The minimum atomic E-state index is -0.274. The van der Waals surface area contributed by atoms with Crippen molar-refractivity contribution in [3.05, 3.63) is 102 Å². The number of likely N-dealkylation sites (tertiary alicyclic amines) is 1. The van der Waals surface area contributed by atoms with Gasteiger partial charge < -0.3 is 5.32 Å². The van der Waals surface area contributed by atoms with Gasteiger partial charge in [-0.15, -0.1) is 0 Å². The van der Waals surface area contributed by atoms with E-state index in [0.29, 0.717) is 5.95 Å². The molecule has 0 aliphatic carbocycles. The molecular weight excluding hydrogens is 451 g/mol. The van der Waals surface area contributed by atoms with E-state index in [1.807, 2.05) is 24.3 Å². The molecule has 0 spiro atoms. The maximum atomic E-state index is 13.7. The van der Waals surface area contributed by atoms with Gasteiger partial charge in [0.2, 0.25) is 5.95 Å². The van der Waals surface area contributed by atoms with E-state index < -0.39 is 0 Å². The van der Waals surface area contributed by atoms with E-state index in [4.69, 9.17) is 9.97 Å². The number of imidazole rings is 1. The quantitative estimate of drug-likeness (QED) is 0.312. The average Bonchev–Trinajstić information content (AvgIpc) is 3.26. The molecule has 1 aliphatic rings. The molecule has 0 radical (unpaired) electrons. The summed E-state index contributed by atoms with van der Waals surface area (Å²) in [7, 11) is 0. The van der Waals surface area contributed by atoms with Gasteiger partial charge in [0.05, 0.1) is 23.1 Å². The van der Waals surface area contributed by atoms with Crippen LogP contribution in [-0.4, -0.2) is 37.3 Å². The van der Waals surface area contributed by atoms with Crippen LogP contribution in [0.25, 0.3) is 28.3 Å². The summed E-state index contributed by atoms with van der Waals surface area (Å²) in [5.41, 5.74) is 6.42. The number of hydrogen-bond acceptors (Lipinski definition) is 5. The molecule has 0 saturated carbocycles. The van der Waals surface area contributed by atoms with Gasteiger partial charge in [0.1, 0.15) is 11.5 Å². The molecule has 1 aliphatic heterocycles. The number of benzene rings is 2. The molecular formula is C29H27FN6. The third kappa shape index (κ3) is 4.45. The fourth-order valence-electron chi connectivity index (χ4n) is 4.62. The molecule has 0 unspecified atom stereocenters. The molecule has 3 aromatic heterocycles. The van der Waals surface area contributed by atoms with Crippen molar-refractivity contribution in [3.63, 3.8) is 0 Å². The highest BCUT2D eigenvalue weighted by atomic mass is 19.1. The molecule has 0 bridgehead atoms. The molecule has 6 rings (SSSR count). The van der Waals surface area contributed by atoms with E-state index in [-0.39, 0.29) is 11.9 Å². The lowest BCUT2D eigenvalue weighted by Gasteiger charge is -2.30. The van der Waals surface area contributed by atoms with Crippen molar-refractivity contribution in [2.24, 2.45) is 0 Å². The highest BCUT2D eigenvalue weighted by Crippen LogP contribution is 2.33. The summed E-state index contributed by atoms with van der Waals surface area (Å²) in [5, 5.41) is 3.41. The molecule has 1 N–H and O–H groups in total. The summed E-state index contributed by atoms with van der Waals surface area (Å²) in [6.07, 6.45) is 5.08. The van der Waals surface area contributed by atoms with Gasteiger partial charge in [0, 0.05) is 24.5 Å². The lowest BCUT2D eigenvalue weighted by Crippen LogP contribution is -2.36. The fourth-order valence-corrected chi connectivity index (χ4v) is 4.62. The lowest BCUT2D eigenvalue weighted by molar-refractivity contribution is 0.172. The first-order chi connectivity index (χ1) is 17.6. The summed E-state index contributed by atoms with van der Waals surface area (Å²) >= 11 is 0. The Hall–Kier alpha value is -4.10. The number of halogens is 1. The fraction of sp³-hybridized carbons (Fsp3) is 0.207. The van der Waals surface area contributed by atoms with Crippen LogP contribution in [0.3, 0.4) is 0 Å². The van der Waals surface area contributed by atoms with Gasteiger partial charge >= 0.3 is 0 Å². The minimum Gasteiger partial charge on any atom is -0.348 e. The third-order valence-corrected chi connectivity index (χ3v) is 6.71. The number of rotatable bonds is 7. The predicted molar refractivity (Wildman–Crippen MR) is 140 cm³/mol. The molecule has 6 nitrogen and oxygen atoms in total. The largest absolute Gasteiger partial charge is 0.348 e. The van der Waals surface area contributed by atoms with Crippen LogP contribution in [0.1, 0.15) is 30.5 Å². The zero-order valence-electron chi connectivity index (χ0n) is 20.1. The Labute approximate surface area is 209 Å². The molecule has 7 heteroatoms. The number of aromatic nitrogens is 4. The second-order valence-electron chi connectivity index (χ2n) is 9.25. The molecule has 1 atom stereocenters. The predicted octanol–water partition coefficient (Wildman–Crippen LogP) is 5.98. The number of nitrogens with one attached hydrogen (secondary N) is 1. The number of pyridine rings is 1. The summed E-state index contributed by atoms with van der Waals surface area (Å²) < 4.78 is 15.8. The zero-order valence-corrected chi connectivity index (χ0v) is 20.1. The Morgan fingerprint density at radius 3 is 2.53 bits per heavy atom. The van der Waals surface area contributed by atoms with Crippen molar-refractivity contribution in [3.8, 4) is 22.6 Å². The van der Waals surface area contributed by atoms with Crippen LogP contribution in [-0.2, 0) is 6.54 Å². The Bertz CT molecular complexity index is 1490. The van der Waals surface area contributed by atoms with E-state index in [1.165, 1.54) is 24.1 Å². The summed E-state index contributed by atoms with van der Waals surface area (Å²) in [6.45, 7) is 5.29. The van der Waals surface area contributed by atoms with Crippen LogP contribution in [0.2, 0.25) is 0 Å². The Morgan fingerprint density at radius 1 is 0.972 bits per heavy atom. The van der Waals surface area contributed by atoms with Crippen molar-refractivity contribution < 1.29 is 4.39 Å². The first kappa shape index (κ1) is 22.4. The number of hydrogen-bond donors (Lipinski definition) is 1. The summed E-state index contributed by atoms with van der Waals surface area (Å²) in [6, 6.07) is 22.9. The average molecular weight is 479 g/mol. The van der Waals surface area contributed by atoms with Gasteiger partial charge in [-0.05, 0) is 80.0 Å². The van der Waals surface area contributed by atoms with Gasteiger partial charge in [-0.3, -0.25) is 9.30 Å². The van der Waals surface area contributed by atoms with E-state index in [0.717, 1.165) is 53.5 Å². The summed E-state index contributed by atoms with van der Waals surface area (Å²) in [4.78, 5) is 16.7. The van der Waals surface area contributed by atoms with E-state index >= 15 is 0 Å². The third-order valence-electron chi connectivity index (χ3n) is 6.71. The van der Waals surface area contributed by atoms with Crippen LogP contribution in [0, 0.1) is 5.82 Å². The van der Waals surface area contributed by atoms with Crippen molar-refractivity contribution in [1.82, 2.24) is 24.3 Å². The number of anilines is 1. The molecule has 1 saturated heterocycles. The highest BCUT2D eigenvalue weighted by molar-refractivity contribution is 5.80. The van der Waals surface area contributed by atoms with Crippen LogP contribution in [0.15, 0.2) is 85.2 Å². The Kier molecular flexibility index (Phi) is 5.91. The first-order valence-corrected chi connectivity index (χ1v) is 12.3. The highest BCUT2D eigenvalue weighted by Gasteiger charge is 2.20. The number of nitrogens with zero attached hydrogens (tertiary/aromatic N) is 5. The van der Waals surface area contributed by atoms with Crippen molar-refractivity contribution in [1.29, 1.82) is 0 Å². The van der Waals surface area contributed by atoms with Crippen molar-refractivity contribution in [2.45, 2.75) is 25.9 Å². The lowest BCUT2D eigenvalue weighted by atomic mass is 10.1. The maximum Gasteiger partial charge on any atom is 0.223 e. The summed E-state index contributed by atoms with van der Waals surface area (Å²) in [5.74, 6) is 0.266. The standard InChI is InChI=1S/C29H27FN6/c1-20(22-6-3-2-4-7-22)32-29-31-14-12-25(33-29)28-27(23-8-10-24(30)11-9-23)34-26-18-21(13-17-36(26)28)19-35-15-5-16-35/h2-4,6-14,17-18,20H,5,15-16,19H2,1H3,(H,31,32,33)/t20-/m0/s1. The van der Waals surface area contributed by atoms with Gasteiger partial charge in [-0.1, -0.05) is 30.3 Å². The molecule has 1 fully saturated rings. The zero-order chi connectivity index (χ0) is 24.5. The molecule has 180 valence electrons. The molecule has 0 amide bonds.